The van der Waals surface area contributed by atoms with Crippen LogP contribution in [-0.4, -0.2) is 19.3 Å². The Balaban J connectivity index is 1.49. The molecule has 1 fully saturated rings. The molecule has 1 aromatic heterocycles. The molecule has 1 atom stereocenters. The number of sulfonamides is 1. The zero-order chi connectivity index (χ0) is 20.4. The molecule has 0 spiro atoms. The first kappa shape index (κ1) is 20.0. The molecule has 154 valence electrons. The summed E-state index contributed by atoms with van der Waals surface area (Å²) in [6.45, 7) is 2.05. The Morgan fingerprint density at radius 3 is 2.72 bits per heavy atom. The Morgan fingerprint density at radius 2 is 1.97 bits per heavy atom. The number of benzene rings is 1. The van der Waals surface area contributed by atoms with Crippen molar-refractivity contribution in [3.05, 3.63) is 58.9 Å². The minimum absolute atomic E-state index is 0.105. The van der Waals surface area contributed by atoms with E-state index in [1.807, 2.05) is 25.1 Å². The van der Waals surface area contributed by atoms with Gasteiger partial charge in [0.15, 0.2) is 0 Å². The van der Waals surface area contributed by atoms with E-state index in [1.54, 1.807) is 18.3 Å². The number of pyridine rings is 1. The molecule has 1 amide bonds. The molecule has 2 aliphatic carbocycles. The third kappa shape index (κ3) is 4.36. The van der Waals surface area contributed by atoms with Crippen LogP contribution >= 0.6 is 0 Å². The summed E-state index contributed by atoms with van der Waals surface area (Å²) in [5.41, 5.74) is 3.69. The number of nitrogens with zero attached hydrogens (tertiary/aromatic N) is 1. The van der Waals surface area contributed by atoms with Gasteiger partial charge in [0.2, 0.25) is 15.9 Å². The van der Waals surface area contributed by atoms with Crippen LogP contribution in [0.25, 0.3) is 0 Å². The Hall–Kier alpha value is -2.25. The predicted octanol–water partition coefficient (Wildman–Crippen LogP) is 3.16. The van der Waals surface area contributed by atoms with E-state index in [1.165, 1.54) is 0 Å². The fraction of sp³-hybridized carbons (Fsp3) is 0.455. The molecule has 29 heavy (non-hydrogen) atoms. The molecule has 1 aromatic carbocycles. The van der Waals surface area contributed by atoms with Crippen LogP contribution in [0.3, 0.4) is 0 Å². The van der Waals surface area contributed by atoms with Gasteiger partial charge in [-0.2, -0.15) is 0 Å². The first-order valence-corrected chi connectivity index (χ1v) is 11.8. The summed E-state index contributed by atoms with van der Waals surface area (Å²) < 4.78 is 28.3. The fourth-order valence-corrected chi connectivity index (χ4v) is 5.35. The number of hydrogen-bond acceptors (Lipinski definition) is 4. The normalized spacial score (nSPS) is 19.3. The average molecular weight is 414 g/mol. The Morgan fingerprint density at radius 1 is 1.17 bits per heavy atom. The van der Waals surface area contributed by atoms with Gasteiger partial charge in [-0.1, -0.05) is 25.0 Å². The van der Waals surface area contributed by atoms with E-state index in [0.717, 1.165) is 55.2 Å². The molecule has 0 aliphatic heterocycles. The second kappa shape index (κ2) is 8.24. The molecule has 2 aromatic rings. The maximum absolute atomic E-state index is 12.8. The highest BCUT2D eigenvalue weighted by atomic mass is 32.2. The van der Waals surface area contributed by atoms with Crippen LogP contribution in [0, 0.1) is 12.8 Å². The number of hydrogen-bond donors (Lipinski definition) is 2. The van der Waals surface area contributed by atoms with Crippen molar-refractivity contribution >= 4 is 15.9 Å². The molecular weight excluding hydrogens is 386 g/mol. The lowest BCUT2D eigenvalue weighted by atomic mass is 10.0. The van der Waals surface area contributed by atoms with Gasteiger partial charge in [0.25, 0.3) is 0 Å². The number of amides is 1. The van der Waals surface area contributed by atoms with E-state index in [-0.39, 0.29) is 29.3 Å². The van der Waals surface area contributed by atoms with Gasteiger partial charge in [-0.05, 0) is 67.5 Å². The van der Waals surface area contributed by atoms with E-state index in [4.69, 9.17) is 0 Å². The molecule has 6 nitrogen and oxygen atoms in total. The van der Waals surface area contributed by atoms with Crippen molar-refractivity contribution in [1.29, 1.82) is 0 Å². The monoisotopic (exact) mass is 413 g/mol. The standard InChI is InChI=1S/C22H27N3O3S/c1-15-5-4-12-23-21(15)14-24-29(27,28)18-10-8-16-9-11-20(19(16)13-18)25-22(26)17-6-2-3-7-17/h4-5,8,10,12-13,17,20,24H,2-3,6-7,9,11,14H2,1H3,(H,25,26)/t20-/m0/s1. The highest BCUT2D eigenvalue weighted by molar-refractivity contribution is 7.89. The van der Waals surface area contributed by atoms with Crippen molar-refractivity contribution in [2.24, 2.45) is 5.92 Å². The second-order valence-corrected chi connectivity index (χ2v) is 9.80. The summed E-state index contributed by atoms with van der Waals surface area (Å²) in [5.74, 6) is 0.214. The molecule has 0 radical (unpaired) electrons. The fourth-order valence-electron chi connectivity index (χ4n) is 4.33. The third-order valence-electron chi connectivity index (χ3n) is 6.10. The summed E-state index contributed by atoms with van der Waals surface area (Å²) in [5, 5.41) is 3.16. The zero-order valence-electron chi connectivity index (χ0n) is 16.6. The predicted molar refractivity (Wildman–Crippen MR) is 111 cm³/mol. The molecular formula is C22H27N3O3S. The van der Waals surface area contributed by atoms with Crippen molar-refractivity contribution < 1.29 is 13.2 Å². The summed E-state index contributed by atoms with van der Waals surface area (Å²) in [6, 6.07) is 8.87. The highest BCUT2D eigenvalue weighted by Gasteiger charge is 2.30. The lowest BCUT2D eigenvalue weighted by molar-refractivity contribution is -0.125. The molecule has 4 rings (SSSR count). The van der Waals surface area contributed by atoms with Gasteiger partial charge in [-0.25, -0.2) is 13.1 Å². The molecule has 7 heteroatoms. The smallest absolute Gasteiger partial charge is 0.240 e. The number of aryl methyl sites for hydroxylation is 2. The number of carbonyl (C=O) groups excluding carboxylic acids is 1. The number of aromatic nitrogens is 1. The Kier molecular flexibility index (Phi) is 5.69. The van der Waals surface area contributed by atoms with Crippen molar-refractivity contribution in [1.82, 2.24) is 15.0 Å². The van der Waals surface area contributed by atoms with E-state index in [0.29, 0.717) is 5.69 Å². The maximum Gasteiger partial charge on any atom is 0.240 e. The third-order valence-corrected chi connectivity index (χ3v) is 7.49. The summed E-state index contributed by atoms with van der Waals surface area (Å²) >= 11 is 0. The Bertz CT molecular complexity index is 1010. The number of carbonyl (C=O) groups is 1. The summed E-state index contributed by atoms with van der Waals surface area (Å²) in [4.78, 5) is 17.0. The summed E-state index contributed by atoms with van der Waals surface area (Å²) in [6.07, 6.45) is 7.47. The molecule has 1 heterocycles. The van der Waals surface area contributed by atoms with Crippen LogP contribution in [0.4, 0.5) is 0 Å². The molecule has 0 unspecified atom stereocenters. The second-order valence-electron chi connectivity index (χ2n) is 8.03. The van der Waals surface area contributed by atoms with Gasteiger partial charge in [0, 0.05) is 12.1 Å². The molecule has 0 bridgehead atoms. The van der Waals surface area contributed by atoms with Crippen molar-refractivity contribution in [3.8, 4) is 0 Å². The number of rotatable bonds is 6. The van der Waals surface area contributed by atoms with Crippen LogP contribution in [0.1, 0.15) is 60.5 Å². The van der Waals surface area contributed by atoms with E-state index in [9.17, 15) is 13.2 Å². The van der Waals surface area contributed by atoms with Crippen LogP contribution < -0.4 is 10.0 Å². The average Bonchev–Trinajstić information content (AvgIpc) is 3.37. The first-order valence-electron chi connectivity index (χ1n) is 10.3. The lowest BCUT2D eigenvalue weighted by Gasteiger charge is -2.18. The number of fused-ring (bicyclic) bond motifs is 1. The quantitative estimate of drug-likeness (QED) is 0.761. The van der Waals surface area contributed by atoms with Crippen LogP contribution in [0.2, 0.25) is 0 Å². The van der Waals surface area contributed by atoms with Gasteiger partial charge in [0.05, 0.1) is 23.2 Å². The maximum atomic E-state index is 12.8. The van der Waals surface area contributed by atoms with E-state index in [2.05, 4.69) is 15.0 Å². The summed E-state index contributed by atoms with van der Waals surface area (Å²) in [7, 11) is -3.67. The van der Waals surface area contributed by atoms with Gasteiger partial charge in [-0.3, -0.25) is 9.78 Å². The topological polar surface area (TPSA) is 88.2 Å². The van der Waals surface area contributed by atoms with Crippen LogP contribution in [-0.2, 0) is 27.8 Å². The minimum atomic E-state index is -3.67. The lowest BCUT2D eigenvalue weighted by Crippen LogP contribution is -2.32. The molecule has 1 saturated carbocycles. The highest BCUT2D eigenvalue weighted by Crippen LogP contribution is 2.34. The largest absolute Gasteiger partial charge is 0.349 e. The van der Waals surface area contributed by atoms with Gasteiger partial charge in [0.1, 0.15) is 0 Å². The van der Waals surface area contributed by atoms with Crippen LogP contribution in [0.15, 0.2) is 41.4 Å². The van der Waals surface area contributed by atoms with E-state index >= 15 is 0 Å². The van der Waals surface area contributed by atoms with Crippen molar-refractivity contribution in [3.63, 3.8) is 0 Å². The number of nitrogens with one attached hydrogen (secondary N) is 2. The van der Waals surface area contributed by atoms with Gasteiger partial charge in [-0.15, -0.1) is 0 Å². The molecule has 2 N–H and O–H groups in total. The zero-order valence-corrected chi connectivity index (χ0v) is 17.5. The molecule has 2 aliphatic rings. The minimum Gasteiger partial charge on any atom is -0.349 e. The first-order chi connectivity index (χ1) is 13.9. The van der Waals surface area contributed by atoms with Gasteiger partial charge < -0.3 is 5.32 Å². The van der Waals surface area contributed by atoms with Gasteiger partial charge >= 0.3 is 0 Å². The van der Waals surface area contributed by atoms with Crippen molar-refractivity contribution in [2.75, 3.05) is 0 Å². The Labute approximate surface area is 172 Å². The van der Waals surface area contributed by atoms with E-state index < -0.39 is 10.0 Å². The molecule has 0 saturated heterocycles. The van der Waals surface area contributed by atoms with Crippen LogP contribution in [0.5, 0.6) is 0 Å². The SMILES string of the molecule is Cc1cccnc1CNS(=O)(=O)c1ccc2c(c1)[C@@H](NC(=O)C1CCCC1)CC2. The van der Waals surface area contributed by atoms with Crippen molar-refractivity contribution in [2.45, 2.75) is 62.9 Å².